The number of halogens is 1. The van der Waals surface area contributed by atoms with Crippen LogP contribution in [0.1, 0.15) is 16.2 Å². The van der Waals surface area contributed by atoms with Crippen LogP contribution in [0.3, 0.4) is 0 Å². The number of benzene rings is 4. The van der Waals surface area contributed by atoms with Gasteiger partial charge in [0.05, 0.1) is 5.69 Å². The second kappa shape index (κ2) is 8.07. The standard InChI is InChI=1S/C26H19FN4O/c1-17-9-11-19(12-10-17)25-29-24(30-31(25)21-15-13-20(27)14-16-21)26(32)28-23-8-4-6-18-5-2-3-7-22(18)23/h2-16H,1H3,(H,28,32). The molecule has 0 spiro atoms. The average molecular weight is 422 g/mol. The molecule has 0 radical (unpaired) electrons. The highest BCUT2D eigenvalue weighted by Crippen LogP contribution is 2.25. The Labute approximate surface area is 184 Å². The van der Waals surface area contributed by atoms with Gasteiger partial charge in [-0.1, -0.05) is 66.2 Å². The van der Waals surface area contributed by atoms with Crippen LogP contribution in [0.4, 0.5) is 10.1 Å². The number of nitrogens with zero attached hydrogens (tertiary/aromatic N) is 3. The number of rotatable bonds is 4. The molecule has 5 nitrogen and oxygen atoms in total. The van der Waals surface area contributed by atoms with Crippen molar-refractivity contribution in [1.82, 2.24) is 14.8 Å². The molecule has 4 aromatic carbocycles. The summed E-state index contributed by atoms with van der Waals surface area (Å²) in [7, 11) is 0. The van der Waals surface area contributed by atoms with E-state index in [0.717, 1.165) is 21.9 Å². The fraction of sp³-hybridized carbons (Fsp3) is 0.0385. The van der Waals surface area contributed by atoms with Gasteiger partial charge in [-0.25, -0.2) is 14.1 Å². The summed E-state index contributed by atoms with van der Waals surface area (Å²) in [6.07, 6.45) is 0. The molecule has 0 unspecified atom stereocenters. The van der Waals surface area contributed by atoms with E-state index in [0.29, 0.717) is 17.2 Å². The Hall–Kier alpha value is -4.32. The minimum Gasteiger partial charge on any atom is -0.319 e. The third-order valence-electron chi connectivity index (χ3n) is 5.23. The molecule has 1 N–H and O–H groups in total. The molecule has 6 heteroatoms. The van der Waals surface area contributed by atoms with Gasteiger partial charge in [0, 0.05) is 16.6 Å². The normalized spacial score (nSPS) is 10.9. The van der Waals surface area contributed by atoms with Crippen molar-refractivity contribution >= 4 is 22.4 Å². The summed E-state index contributed by atoms with van der Waals surface area (Å²) in [5, 5.41) is 9.34. The van der Waals surface area contributed by atoms with Crippen molar-refractivity contribution in [3.63, 3.8) is 0 Å². The lowest BCUT2D eigenvalue weighted by atomic mass is 10.1. The van der Waals surface area contributed by atoms with E-state index in [9.17, 15) is 9.18 Å². The molecule has 0 atom stereocenters. The van der Waals surface area contributed by atoms with Crippen molar-refractivity contribution in [2.24, 2.45) is 0 Å². The van der Waals surface area contributed by atoms with Crippen molar-refractivity contribution in [1.29, 1.82) is 0 Å². The van der Waals surface area contributed by atoms with E-state index in [4.69, 9.17) is 0 Å². The topological polar surface area (TPSA) is 59.8 Å². The SMILES string of the molecule is Cc1ccc(-c2nc(C(=O)Nc3cccc4ccccc34)nn2-c2ccc(F)cc2)cc1. The van der Waals surface area contributed by atoms with Gasteiger partial charge in [-0.05, 0) is 42.6 Å². The lowest BCUT2D eigenvalue weighted by Crippen LogP contribution is -2.14. The van der Waals surface area contributed by atoms with Crippen LogP contribution in [0.15, 0.2) is 91.0 Å². The predicted molar refractivity (Wildman–Crippen MR) is 123 cm³/mol. The first kappa shape index (κ1) is 19.6. The van der Waals surface area contributed by atoms with Crippen LogP contribution in [0.2, 0.25) is 0 Å². The zero-order chi connectivity index (χ0) is 22.1. The first-order valence-corrected chi connectivity index (χ1v) is 10.2. The summed E-state index contributed by atoms with van der Waals surface area (Å²) in [5.74, 6) is -0.243. The summed E-state index contributed by atoms with van der Waals surface area (Å²) < 4.78 is 15.0. The Morgan fingerprint density at radius 3 is 2.38 bits per heavy atom. The second-order valence-electron chi connectivity index (χ2n) is 7.49. The number of aromatic nitrogens is 3. The monoisotopic (exact) mass is 422 g/mol. The Balaban J connectivity index is 1.56. The summed E-state index contributed by atoms with van der Waals surface area (Å²) in [6.45, 7) is 2.00. The van der Waals surface area contributed by atoms with E-state index < -0.39 is 5.91 Å². The van der Waals surface area contributed by atoms with Gasteiger partial charge in [0.15, 0.2) is 5.82 Å². The van der Waals surface area contributed by atoms with Crippen LogP contribution < -0.4 is 5.32 Å². The van der Waals surface area contributed by atoms with Crippen LogP contribution in [0, 0.1) is 12.7 Å². The number of hydrogen-bond donors (Lipinski definition) is 1. The molecule has 156 valence electrons. The van der Waals surface area contributed by atoms with E-state index in [1.54, 1.807) is 16.8 Å². The molecule has 5 aromatic rings. The first-order chi connectivity index (χ1) is 15.6. The highest BCUT2D eigenvalue weighted by molar-refractivity contribution is 6.07. The van der Waals surface area contributed by atoms with Crippen molar-refractivity contribution in [3.8, 4) is 17.1 Å². The number of amides is 1. The predicted octanol–water partition coefficient (Wildman–Crippen LogP) is 5.79. The summed E-state index contributed by atoms with van der Waals surface area (Å²) in [5.41, 5.74) is 3.20. The van der Waals surface area contributed by atoms with Crippen LogP contribution in [0.5, 0.6) is 0 Å². The lowest BCUT2D eigenvalue weighted by Gasteiger charge is -2.07. The Morgan fingerprint density at radius 1 is 0.875 bits per heavy atom. The number of nitrogens with one attached hydrogen (secondary N) is 1. The van der Waals surface area contributed by atoms with Gasteiger partial charge < -0.3 is 5.32 Å². The van der Waals surface area contributed by atoms with Crippen molar-refractivity contribution in [2.45, 2.75) is 6.92 Å². The minimum atomic E-state index is -0.421. The van der Waals surface area contributed by atoms with Crippen molar-refractivity contribution in [3.05, 3.63) is 108 Å². The number of anilines is 1. The molecule has 1 amide bonds. The van der Waals surface area contributed by atoms with Crippen molar-refractivity contribution < 1.29 is 9.18 Å². The van der Waals surface area contributed by atoms with Crippen LogP contribution >= 0.6 is 0 Å². The third-order valence-corrected chi connectivity index (χ3v) is 5.23. The fourth-order valence-corrected chi connectivity index (χ4v) is 3.57. The number of carbonyl (C=O) groups is 1. The quantitative estimate of drug-likeness (QED) is 0.399. The maximum atomic E-state index is 13.5. The maximum Gasteiger partial charge on any atom is 0.295 e. The lowest BCUT2D eigenvalue weighted by molar-refractivity contribution is 0.101. The first-order valence-electron chi connectivity index (χ1n) is 10.2. The highest BCUT2D eigenvalue weighted by Gasteiger charge is 2.19. The number of carbonyl (C=O) groups excluding carboxylic acids is 1. The minimum absolute atomic E-state index is 0.0258. The summed E-state index contributed by atoms with van der Waals surface area (Å²) >= 11 is 0. The van der Waals surface area contributed by atoms with E-state index >= 15 is 0 Å². The number of aryl methyl sites for hydroxylation is 1. The maximum absolute atomic E-state index is 13.5. The molecular weight excluding hydrogens is 403 g/mol. The molecule has 0 saturated heterocycles. The van der Waals surface area contributed by atoms with Gasteiger partial charge >= 0.3 is 0 Å². The number of hydrogen-bond acceptors (Lipinski definition) is 3. The molecule has 0 bridgehead atoms. The molecule has 32 heavy (non-hydrogen) atoms. The largest absolute Gasteiger partial charge is 0.319 e. The van der Waals surface area contributed by atoms with Crippen LogP contribution in [-0.2, 0) is 0 Å². The zero-order valence-corrected chi connectivity index (χ0v) is 17.3. The molecule has 0 aliphatic heterocycles. The highest BCUT2D eigenvalue weighted by atomic mass is 19.1. The van der Waals surface area contributed by atoms with Gasteiger partial charge in [0.2, 0.25) is 5.82 Å². The molecule has 0 aliphatic rings. The fourth-order valence-electron chi connectivity index (χ4n) is 3.57. The Bertz CT molecular complexity index is 1350. The Kier molecular flexibility index (Phi) is 4.95. The second-order valence-corrected chi connectivity index (χ2v) is 7.49. The summed E-state index contributed by atoms with van der Waals surface area (Å²) in [4.78, 5) is 17.6. The molecule has 0 aliphatic carbocycles. The van der Waals surface area contributed by atoms with E-state index in [2.05, 4.69) is 15.4 Å². The third kappa shape index (κ3) is 3.74. The average Bonchev–Trinajstić information content (AvgIpc) is 3.26. The molecule has 1 heterocycles. The van der Waals surface area contributed by atoms with Gasteiger partial charge in [-0.2, -0.15) is 0 Å². The van der Waals surface area contributed by atoms with E-state index in [1.165, 1.54) is 12.1 Å². The van der Waals surface area contributed by atoms with Crippen molar-refractivity contribution in [2.75, 3.05) is 5.32 Å². The van der Waals surface area contributed by atoms with Gasteiger partial charge in [-0.15, -0.1) is 5.10 Å². The molecular formula is C26H19FN4O. The zero-order valence-electron chi connectivity index (χ0n) is 17.3. The summed E-state index contributed by atoms with van der Waals surface area (Å²) in [6, 6.07) is 27.2. The Morgan fingerprint density at radius 2 is 1.59 bits per heavy atom. The van der Waals surface area contributed by atoms with Crippen LogP contribution in [0.25, 0.3) is 27.8 Å². The van der Waals surface area contributed by atoms with Gasteiger partial charge in [0.1, 0.15) is 5.82 Å². The van der Waals surface area contributed by atoms with E-state index in [1.807, 2.05) is 73.7 Å². The number of fused-ring (bicyclic) bond motifs is 1. The smallest absolute Gasteiger partial charge is 0.295 e. The molecule has 0 saturated carbocycles. The van der Waals surface area contributed by atoms with Gasteiger partial charge in [-0.3, -0.25) is 4.79 Å². The molecule has 0 fully saturated rings. The van der Waals surface area contributed by atoms with Gasteiger partial charge in [0.25, 0.3) is 5.91 Å². The molecule has 5 rings (SSSR count). The van der Waals surface area contributed by atoms with Crippen LogP contribution in [-0.4, -0.2) is 20.7 Å². The van der Waals surface area contributed by atoms with E-state index in [-0.39, 0.29) is 11.6 Å². The molecule has 1 aromatic heterocycles.